The van der Waals surface area contributed by atoms with Crippen molar-refractivity contribution in [3.63, 3.8) is 0 Å². The number of benzene rings is 1. The van der Waals surface area contributed by atoms with Gasteiger partial charge in [0.15, 0.2) is 0 Å². The molecular weight excluding hydrogens is 273 g/mol. The van der Waals surface area contributed by atoms with Crippen LogP contribution in [0.2, 0.25) is 5.02 Å². The van der Waals surface area contributed by atoms with E-state index in [2.05, 4.69) is 0 Å². The van der Waals surface area contributed by atoms with Crippen molar-refractivity contribution in [2.75, 3.05) is 5.75 Å². The van der Waals surface area contributed by atoms with Crippen LogP contribution in [0.25, 0.3) is 0 Å². The number of ketones is 1. The highest BCUT2D eigenvalue weighted by molar-refractivity contribution is 8.00. The zero-order valence-electron chi connectivity index (χ0n) is 8.76. The van der Waals surface area contributed by atoms with Gasteiger partial charge in [-0.2, -0.15) is 13.2 Å². The molecule has 0 aliphatic heterocycles. The van der Waals surface area contributed by atoms with Crippen LogP contribution in [0.5, 0.6) is 0 Å². The van der Waals surface area contributed by atoms with E-state index in [0.717, 1.165) is 4.90 Å². The predicted octanol–water partition coefficient (Wildman–Crippen LogP) is 4.34. The first-order chi connectivity index (χ1) is 7.87. The maximum atomic E-state index is 11.9. The number of halogens is 4. The Bertz CT molecular complexity index is 393. The Kier molecular flexibility index (Phi) is 5.33. The minimum atomic E-state index is -4.27. The predicted molar refractivity (Wildman–Crippen MR) is 62.5 cm³/mol. The lowest BCUT2D eigenvalue weighted by molar-refractivity contribution is -0.142. The fourth-order valence-corrected chi connectivity index (χ4v) is 2.19. The van der Waals surface area contributed by atoms with Crippen molar-refractivity contribution in [1.82, 2.24) is 0 Å². The van der Waals surface area contributed by atoms with E-state index in [9.17, 15) is 18.0 Å². The summed E-state index contributed by atoms with van der Waals surface area (Å²) >= 11 is 6.93. The molecule has 0 aromatic heterocycles. The third-order valence-electron chi connectivity index (χ3n) is 1.88. The van der Waals surface area contributed by atoms with Crippen molar-refractivity contribution >= 4 is 29.1 Å². The van der Waals surface area contributed by atoms with Crippen LogP contribution in [0, 0.1) is 0 Å². The Balaban J connectivity index is 2.33. The summed E-state index contributed by atoms with van der Waals surface area (Å²) in [4.78, 5) is 12.0. The largest absolute Gasteiger partial charge is 0.389 e. The topological polar surface area (TPSA) is 17.1 Å². The van der Waals surface area contributed by atoms with Gasteiger partial charge in [-0.3, -0.25) is 4.79 Å². The molecule has 0 heterocycles. The minimum Gasteiger partial charge on any atom is -0.299 e. The average Bonchev–Trinajstić information content (AvgIpc) is 2.23. The van der Waals surface area contributed by atoms with Gasteiger partial charge in [0.2, 0.25) is 0 Å². The standard InChI is InChI=1S/C11H10ClF3OS/c12-8-2-1-3-10(6-8)17-7-9(16)4-5-11(13,14)15/h1-3,6H,4-5,7H2. The summed E-state index contributed by atoms with van der Waals surface area (Å²) in [6, 6.07) is 6.85. The molecule has 0 fully saturated rings. The Morgan fingerprint density at radius 3 is 2.65 bits per heavy atom. The molecule has 0 saturated heterocycles. The van der Waals surface area contributed by atoms with Gasteiger partial charge in [0.25, 0.3) is 0 Å². The zero-order valence-corrected chi connectivity index (χ0v) is 10.3. The van der Waals surface area contributed by atoms with Crippen LogP contribution >= 0.6 is 23.4 Å². The van der Waals surface area contributed by atoms with Gasteiger partial charge < -0.3 is 0 Å². The molecule has 94 valence electrons. The normalized spacial score (nSPS) is 11.5. The number of carbonyl (C=O) groups is 1. The van der Waals surface area contributed by atoms with Gasteiger partial charge in [-0.15, -0.1) is 11.8 Å². The van der Waals surface area contributed by atoms with Crippen molar-refractivity contribution in [1.29, 1.82) is 0 Å². The van der Waals surface area contributed by atoms with E-state index in [-0.39, 0.29) is 5.75 Å². The smallest absolute Gasteiger partial charge is 0.299 e. The van der Waals surface area contributed by atoms with Gasteiger partial charge in [0.05, 0.1) is 12.2 Å². The second kappa shape index (κ2) is 6.31. The number of hydrogen-bond donors (Lipinski definition) is 0. The van der Waals surface area contributed by atoms with Crippen molar-refractivity contribution in [2.24, 2.45) is 0 Å². The minimum absolute atomic E-state index is 0.0381. The van der Waals surface area contributed by atoms with Crippen LogP contribution in [0.15, 0.2) is 29.2 Å². The summed E-state index contributed by atoms with van der Waals surface area (Å²) in [5, 5.41) is 0.540. The summed E-state index contributed by atoms with van der Waals surface area (Å²) in [5.74, 6) is -0.372. The van der Waals surface area contributed by atoms with E-state index < -0.39 is 24.8 Å². The van der Waals surface area contributed by atoms with Crippen LogP contribution in [0.1, 0.15) is 12.8 Å². The van der Waals surface area contributed by atoms with Crippen LogP contribution in [-0.4, -0.2) is 17.7 Å². The molecule has 1 nitrogen and oxygen atoms in total. The highest BCUT2D eigenvalue weighted by atomic mass is 35.5. The number of thioether (sulfide) groups is 1. The summed E-state index contributed by atoms with van der Waals surface area (Å²) < 4.78 is 35.6. The zero-order chi connectivity index (χ0) is 12.9. The molecule has 0 radical (unpaired) electrons. The third-order valence-corrected chi connectivity index (χ3v) is 3.17. The lowest BCUT2D eigenvalue weighted by Gasteiger charge is -2.05. The molecule has 1 rings (SSSR count). The van der Waals surface area contributed by atoms with Crippen molar-refractivity contribution in [2.45, 2.75) is 23.9 Å². The first-order valence-electron chi connectivity index (χ1n) is 4.83. The average molecular weight is 283 g/mol. The molecule has 0 spiro atoms. The lowest BCUT2D eigenvalue weighted by Crippen LogP contribution is -2.11. The highest BCUT2D eigenvalue weighted by Gasteiger charge is 2.27. The fourth-order valence-electron chi connectivity index (χ4n) is 1.07. The van der Waals surface area contributed by atoms with Gasteiger partial charge >= 0.3 is 6.18 Å². The molecule has 0 bridgehead atoms. The SMILES string of the molecule is O=C(CCC(F)(F)F)CSc1cccc(Cl)c1. The summed E-state index contributed by atoms with van der Waals surface area (Å²) in [6.45, 7) is 0. The molecule has 1 aromatic rings. The second-order valence-electron chi connectivity index (χ2n) is 3.40. The molecule has 0 N–H and O–H groups in total. The van der Waals surface area contributed by atoms with Gasteiger partial charge in [0, 0.05) is 16.3 Å². The van der Waals surface area contributed by atoms with E-state index >= 15 is 0 Å². The Morgan fingerprint density at radius 1 is 1.35 bits per heavy atom. The maximum Gasteiger partial charge on any atom is 0.389 e. The van der Waals surface area contributed by atoms with Crippen molar-refractivity contribution in [3.05, 3.63) is 29.3 Å². The monoisotopic (exact) mass is 282 g/mol. The number of Topliss-reactive ketones (excluding diaryl/α,β-unsaturated/α-hetero) is 1. The number of rotatable bonds is 5. The van der Waals surface area contributed by atoms with Gasteiger partial charge in [-0.05, 0) is 18.2 Å². The number of carbonyl (C=O) groups excluding carboxylic acids is 1. The Hall–Kier alpha value is -0.680. The molecule has 6 heteroatoms. The fraction of sp³-hybridized carbons (Fsp3) is 0.364. The Labute approximate surface area is 106 Å². The first kappa shape index (κ1) is 14.4. The third kappa shape index (κ3) is 6.58. The van der Waals surface area contributed by atoms with Crippen LogP contribution in [0.3, 0.4) is 0 Å². The van der Waals surface area contributed by atoms with E-state index in [1.54, 1.807) is 24.3 Å². The highest BCUT2D eigenvalue weighted by Crippen LogP contribution is 2.24. The van der Waals surface area contributed by atoms with E-state index in [0.29, 0.717) is 5.02 Å². The second-order valence-corrected chi connectivity index (χ2v) is 4.89. The molecule has 17 heavy (non-hydrogen) atoms. The number of alkyl halides is 3. The molecule has 0 saturated carbocycles. The Morgan fingerprint density at radius 2 is 2.06 bits per heavy atom. The lowest BCUT2D eigenvalue weighted by atomic mass is 10.2. The van der Waals surface area contributed by atoms with E-state index in [1.165, 1.54) is 11.8 Å². The first-order valence-corrected chi connectivity index (χ1v) is 6.20. The van der Waals surface area contributed by atoms with E-state index in [1.807, 2.05) is 0 Å². The molecule has 0 amide bonds. The van der Waals surface area contributed by atoms with Gasteiger partial charge in [-0.1, -0.05) is 17.7 Å². The molecule has 0 aliphatic carbocycles. The summed E-state index contributed by atoms with van der Waals surface area (Å²) in [7, 11) is 0. The molecule has 0 aliphatic rings. The molecule has 0 unspecified atom stereocenters. The molecular formula is C11H10ClF3OS. The molecule has 1 aromatic carbocycles. The van der Waals surface area contributed by atoms with Crippen LogP contribution in [0.4, 0.5) is 13.2 Å². The van der Waals surface area contributed by atoms with Crippen molar-refractivity contribution < 1.29 is 18.0 Å². The van der Waals surface area contributed by atoms with Crippen molar-refractivity contribution in [3.8, 4) is 0 Å². The quantitative estimate of drug-likeness (QED) is 0.747. The molecule has 0 atom stereocenters. The van der Waals surface area contributed by atoms with Gasteiger partial charge in [0.1, 0.15) is 5.78 Å². The summed E-state index contributed by atoms with van der Waals surface area (Å²) in [5.41, 5.74) is 0. The van der Waals surface area contributed by atoms with Gasteiger partial charge in [-0.25, -0.2) is 0 Å². The van der Waals surface area contributed by atoms with E-state index in [4.69, 9.17) is 11.6 Å². The van der Waals surface area contributed by atoms with Crippen LogP contribution in [-0.2, 0) is 4.79 Å². The van der Waals surface area contributed by atoms with Crippen LogP contribution < -0.4 is 0 Å². The summed E-state index contributed by atoms with van der Waals surface area (Å²) in [6.07, 6.45) is -5.78. The number of hydrogen-bond acceptors (Lipinski definition) is 2. The maximum absolute atomic E-state index is 11.9.